The van der Waals surface area contributed by atoms with Gasteiger partial charge in [-0.05, 0) is 48.0 Å². The number of aromatic nitrogens is 2. The van der Waals surface area contributed by atoms with Gasteiger partial charge in [-0.25, -0.2) is 9.97 Å². The Morgan fingerprint density at radius 1 is 1.16 bits per heavy atom. The second-order valence-corrected chi connectivity index (χ2v) is 9.47. The fourth-order valence-electron chi connectivity index (χ4n) is 4.06. The fourth-order valence-corrected chi connectivity index (χ4v) is 4.77. The van der Waals surface area contributed by atoms with E-state index in [-0.39, 0.29) is 12.5 Å². The van der Waals surface area contributed by atoms with Gasteiger partial charge in [0.25, 0.3) is 11.8 Å². The maximum atomic E-state index is 13.7. The molecule has 0 fully saturated rings. The lowest BCUT2D eigenvalue weighted by atomic mass is 10.0. The molecule has 10 heteroatoms. The number of pyridine rings is 1. The zero-order valence-electron chi connectivity index (χ0n) is 19.6. The van der Waals surface area contributed by atoms with Crippen molar-refractivity contribution in [3.05, 3.63) is 99.1 Å². The van der Waals surface area contributed by atoms with Crippen LogP contribution in [0.3, 0.4) is 0 Å². The molecule has 3 N–H and O–H groups in total. The van der Waals surface area contributed by atoms with Crippen molar-refractivity contribution >= 4 is 45.7 Å². The van der Waals surface area contributed by atoms with Crippen molar-refractivity contribution in [3.8, 4) is 17.6 Å². The van der Waals surface area contributed by atoms with Gasteiger partial charge in [-0.3, -0.25) is 14.9 Å². The Morgan fingerprint density at radius 3 is 2.70 bits per heavy atom. The van der Waals surface area contributed by atoms with Crippen molar-refractivity contribution in [1.82, 2.24) is 14.9 Å². The minimum absolute atomic E-state index is 0.232. The number of halogens is 1. The molecule has 3 heterocycles. The summed E-state index contributed by atoms with van der Waals surface area (Å²) >= 11 is 7.57. The number of hydrogen-bond acceptors (Lipinski definition) is 7. The van der Waals surface area contributed by atoms with Gasteiger partial charge < -0.3 is 15.4 Å². The molecule has 2 aromatic carbocycles. The molecular formula is C27H20ClN5O3S. The van der Waals surface area contributed by atoms with Gasteiger partial charge in [-0.2, -0.15) is 0 Å². The Hall–Kier alpha value is -4.39. The van der Waals surface area contributed by atoms with Crippen molar-refractivity contribution in [2.75, 3.05) is 18.2 Å². The molecular weight excluding hydrogens is 510 g/mol. The van der Waals surface area contributed by atoms with Gasteiger partial charge in [0, 0.05) is 51.6 Å². The van der Waals surface area contributed by atoms with E-state index in [1.165, 1.54) is 23.3 Å². The molecule has 1 aliphatic rings. The van der Waals surface area contributed by atoms with E-state index in [1.807, 2.05) is 12.1 Å². The van der Waals surface area contributed by atoms with E-state index >= 15 is 0 Å². The third-order valence-corrected chi connectivity index (χ3v) is 6.71. The fraction of sp³-hybridized carbons (Fsp3) is 0.111. The van der Waals surface area contributed by atoms with E-state index in [9.17, 15) is 9.59 Å². The predicted molar refractivity (Wildman–Crippen MR) is 142 cm³/mol. The van der Waals surface area contributed by atoms with Crippen LogP contribution >= 0.6 is 22.9 Å². The van der Waals surface area contributed by atoms with Gasteiger partial charge in [0.05, 0.1) is 7.11 Å². The largest absolute Gasteiger partial charge is 0.496 e. The number of hydrogen-bond donors (Lipinski definition) is 2. The van der Waals surface area contributed by atoms with E-state index in [1.54, 1.807) is 54.2 Å². The first-order valence-electron chi connectivity index (χ1n) is 11.1. The molecule has 8 nitrogen and oxygen atoms in total. The number of methoxy groups -OCH3 is 1. The lowest BCUT2D eigenvalue weighted by Crippen LogP contribution is -2.37. The molecule has 2 aromatic heterocycles. The maximum Gasteiger partial charge on any atom is 0.255 e. The van der Waals surface area contributed by atoms with Gasteiger partial charge in [-0.15, -0.1) is 11.3 Å². The molecule has 5 rings (SSSR count). The standard InChI is InChI=1S/C27H20ClN5O3S/c1-36-22-8-7-19(28)13-21(22)24(25(34)32-27-30-10-11-37-27)33-15-18-6-4-16(12-20(18)26(33)35)2-3-17-5-9-23(29)31-14-17/h4-14,24H,15H2,1H3,(H2,29,31)(H,30,32,34)/t24-/m1/s1. The molecule has 0 bridgehead atoms. The summed E-state index contributed by atoms with van der Waals surface area (Å²) in [4.78, 5) is 36.9. The maximum absolute atomic E-state index is 13.7. The minimum atomic E-state index is -1.01. The summed E-state index contributed by atoms with van der Waals surface area (Å²) in [6.45, 7) is 0.232. The summed E-state index contributed by atoms with van der Waals surface area (Å²) in [7, 11) is 1.50. The van der Waals surface area contributed by atoms with Crippen LogP contribution in [0.25, 0.3) is 0 Å². The molecule has 0 aliphatic carbocycles. The average molecular weight is 530 g/mol. The number of nitrogens with one attached hydrogen (secondary N) is 1. The lowest BCUT2D eigenvalue weighted by molar-refractivity contribution is -0.120. The number of carbonyl (C=O) groups is 2. The number of rotatable bonds is 5. The minimum Gasteiger partial charge on any atom is -0.496 e. The van der Waals surface area contributed by atoms with Crippen LogP contribution in [-0.2, 0) is 11.3 Å². The number of benzene rings is 2. The SMILES string of the molecule is COc1ccc(Cl)cc1[C@H](C(=O)Nc1nccs1)N1Cc2ccc(C#Cc3ccc(N)nc3)cc2C1=O. The number of ether oxygens (including phenoxy) is 1. The smallest absolute Gasteiger partial charge is 0.255 e. The zero-order chi connectivity index (χ0) is 25.9. The highest BCUT2D eigenvalue weighted by Gasteiger charge is 2.39. The quantitative estimate of drug-likeness (QED) is 0.368. The Kier molecular flexibility index (Phi) is 6.77. The van der Waals surface area contributed by atoms with E-state index in [0.717, 1.165) is 5.56 Å². The summed E-state index contributed by atoms with van der Waals surface area (Å²) in [5, 5.41) is 5.41. The monoisotopic (exact) mass is 529 g/mol. The topological polar surface area (TPSA) is 110 Å². The Bertz CT molecular complexity index is 1540. The Balaban J connectivity index is 1.49. The third kappa shape index (κ3) is 5.11. The van der Waals surface area contributed by atoms with Crippen molar-refractivity contribution in [1.29, 1.82) is 0 Å². The Labute approximate surface area is 222 Å². The summed E-state index contributed by atoms with van der Waals surface area (Å²) in [5.41, 5.74) is 8.74. The van der Waals surface area contributed by atoms with Crippen LogP contribution in [0.1, 0.15) is 38.7 Å². The molecule has 0 saturated carbocycles. The first-order valence-corrected chi connectivity index (χ1v) is 12.4. The van der Waals surface area contributed by atoms with Gasteiger partial charge in [0.15, 0.2) is 5.13 Å². The number of nitrogens with two attached hydrogens (primary N) is 1. The van der Waals surface area contributed by atoms with Crippen molar-refractivity contribution < 1.29 is 14.3 Å². The number of fused-ring (bicyclic) bond motifs is 1. The molecule has 37 heavy (non-hydrogen) atoms. The summed E-state index contributed by atoms with van der Waals surface area (Å²) in [6, 6.07) is 12.9. The average Bonchev–Trinajstić information content (AvgIpc) is 3.52. The highest BCUT2D eigenvalue weighted by Crippen LogP contribution is 2.38. The first kappa shape index (κ1) is 24.3. The molecule has 1 atom stereocenters. The first-order chi connectivity index (χ1) is 17.9. The van der Waals surface area contributed by atoms with Crippen LogP contribution in [0.15, 0.2) is 66.3 Å². The molecule has 0 unspecified atom stereocenters. The van der Waals surface area contributed by atoms with Gasteiger partial charge >= 0.3 is 0 Å². The predicted octanol–water partition coefficient (Wildman–Crippen LogP) is 4.52. The van der Waals surface area contributed by atoms with Crippen molar-refractivity contribution in [2.24, 2.45) is 0 Å². The van der Waals surface area contributed by atoms with E-state index in [0.29, 0.717) is 44.0 Å². The van der Waals surface area contributed by atoms with Crippen LogP contribution in [0.5, 0.6) is 5.75 Å². The third-order valence-electron chi connectivity index (χ3n) is 5.79. The number of thiazole rings is 1. The van der Waals surface area contributed by atoms with Crippen LogP contribution < -0.4 is 15.8 Å². The van der Waals surface area contributed by atoms with Crippen molar-refractivity contribution in [2.45, 2.75) is 12.6 Å². The van der Waals surface area contributed by atoms with Crippen LogP contribution in [0, 0.1) is 11.8 Å². The zero-order valence-corrected chi connectivity index (χ0v) is 21.1. The molecule has 2 amide bonds. The second-order valence-electron chi connectivity index (χ2n) is 8.14. The molecule has 1 aliphatic heterocycles. The normalized spacial score (nSPS) is 12.9. The van der Waals surface area contributed by atoms with Gasteiger partial charge in [-0.1, -0.05) is 29.5 Å². The molecule has 4 aromatic rings. The lowest BCUT2D eigenvalue weighted by Gasteiger charge is -2.28. The molecule has 0 radical (unpaired) electrons. The van der Waals surface area contributed by atoms with E-state index in [4.69, 9.17) is 22.1 Å². The van der Waals surface area contributed by atoms with Gasteiger partial charge in [0.1, 0.15) is 17.6 Å². The van der Waals surface area contributed by atoms with Crippen LogP contribution in [-0.4, -0.2) is 33.8 Å². The number of anilines is 2. The molecule has 0 saturated heterocycles. The van der Waals surface area contributed by atoms with Crippen LogP contribution in [0.4, 0.5) is 10.9 Å². The number of nitrogens with zero attached hydrogens (tertiary/aromatic N) is 3. The van der Waals surface area contributed by atoms with Crippen molar-refractivity contribution in [3.63, 3.8) is 0 Å². The van der Waals surface area contributed by atoms with E-state index in [2.05, 4.69) is 27.1 Å². The number of amides is 2. The number of nitrogen functional groups attached to an aromatic ring is 1. The van der Waals surface area contributed by atoms with Crippen LogP contribution in [0.2, 0.25) is 5.02 Å². The second kappa shape index (κ2) is 10.3. The Morgan fingerprint density at radius 2 is 1.97 bits per heavy atom. The van der Waals surface area contributed by atoms with E-state index < -0.39 is 11.9 Å². The summed E-state index contributed by atoms with van der Waals surface area (Å²) < 4.78 is 5.52. The van der Waals surface area contributed by atoms with Gasteiger partial charge in [0.2, 0.25) is 0 Å². The number of carbonyl (C=O) groups excluding carboxylic acids is 2. The molecule has 0 spiro atoms. The highest BCUT2D eigenvalue weighted by atomic mass is 35.5. The summed E-state index contributed by atoms with van der Waals surface area (Å²) in [5.74, 6) is 6.22. The summed E-state index contributed by atoms with van der Waals surface area (Å²) in [6.07, 6.45) is 3.18. The molecule has 184 valence electrons. The highest BCUT2D eigenvalue weighted by molar-refractivity contribution is 7.13.